The first-order chi connectivity index (χ1) is 17.5. The molecular weight excluding hydrogens is 477 g/mol. The molecule has 37 heavy (non-hydrogen) atoms. The summed E-state index contributed by atoms with van der Waals surface area (Å²) in [7, 11) is -2.76. The van der Waals surface area contributed by atoms with Crippen LogP contribution < -0.4 is 10.4 Å². The van der Waals surface area contributed by atoms with Crippen molar-refractivity contribution in [3.63, 3.8) is 0 Å². The zero-order valence-corrected chi connectivity index (χ0v) is 27.9. The molecule has 3 rings (SSSR count). The summed E-state index contributed by atoms with van der Waals surface area (Å²) in [6, 6.07) is 15.4. The predicted octanol–water partition coefficient (Wildman–Crippen LogP) is 10.5. The van der Waals surface area contributed by atoms with Gasteiger partial charge < -0.3 is 0 Å². The van der Waals surface area contributed by atoms with Gasteiger partial charge in [0, 0.05) is 5.41 Å². The normalized spacial score (nSPS) is 14.6. The zero-order chi connectivity index (χ0) is 27.1. The van der Waals surface area contributed by atoms with E-state index in [1.165, 1.54) is 89.9 Å². The Morgan fingerprint density at radius 1 is 0.486 bits per heavy atom. The van der Waals surface area contributed by atoms with Crippen molar-refractivity contribution < 1.29 is 0 Å². The van der Waals surface area contributed by atoms with Gasteiger partial charge in [-0.15, -0.1) is 0 Å². The van der Waals surface area contributed by atoms with Crippen molar-refractivity contribution in [1.29, 1.82) is 0 Å². The Morgan fingerprint density at radius 3 is 1.19 bits per heavy atom. The molecule has 1 aliphatic rings. The van der Waals surface area contributed by atoms with E-state index >= 15 is 0 Å². The standard InChI is InChI=1S/C35H58Si2/c1-9-11-13-15-17-19-25-35(26-20-18-16-14-12-10-2)33-27-29(36(3,4)5)21-23-31(33)32-24-22-30(28-34(32)35)37(6,7)8/h21-24,27-28H,9-20,25-26H2,1-8H3. The van der Waals surface area contributed by atoms with Crippen LogP contribution in [0.15, 0.2) is 36.4 Å². The van der Waals surface area contributed by atoms with Crippen LogP contribution in [0.2, 0.25) is 39.3 Å². The summed E-state index contributed by atoms with van der Waals surface area (Å²) in [4.78, 5) is 0. The molecule has 2 heteroatoms. The van der Waals surface area contributed by atoms with Gasteiger partial charge >= 0.3 is 0 Å². The first-order valence-electron chi connectivity index (χ1n) is 15.8. The van der Waals surface area contributed by atoms with E-state index in [4.69, 9.17) is 0 Å². The number of fused-ring (bicyclic) bond motifs is 3. The molecule has 0 aliphatic heterocycles. The molecule has 0 nitrogen and oxygen atoms in total. The highest BCUT2D eigenvalue weighted by molar-refractivity contribution is 6.89. The van der Waals surface area contributed by atoms with Gasteiger partial charge in [0.2, 0.25) is 0 Å². The Morgan fingerprint density at radius 2 is 0.838 bits per heavy atom. The van der Waals surface area contributed by atoms with Crippen molar-refractivity contribution in [3.8, 4) is 11.1 Å². The average Bonchev–Trinajstić information content (AvgIpc) is 3.11. The average molecular weight is 535 g/mol. The van der Waals surface area contributed by atoms with Crippen LogP contribution in [0, 0.1) is 0 Å². The number of unbranched alkanes of at least 4 members (excludes halogenated alkanes) is 10. The van der Waals surface area contributed by atoms with Gasteiger partial charge in [-0.25, -0.2) is 0 Å². The second-order valence-electron chi connectivity index (χ2n) is 14.1. The molecule has 0 heterocycles. The van der Waals surface area contributed by atoms with Crippen LogP contribution in [-0.4, -0.2) is 16.1 Å². The first kappa shape index (κ1) is 30.4. The van der Waals surface area contributed by atoms with Crippen molar-refractivity contribution in [2.24, 2.45) is 0 Å². The topological polar surface area (TPSA) is 0 Å². The largest absolute Gasteiger partial charge is 0.0776 e. The fraction of sp³-hybridized carbons (Fsp3) is 0.657. The highest BCUT2D eigenvalue weighted by Gasteiger charge is 2.43. The van der Waals surface area contributed by atoms with E-state index in [9.17, 15) is 0 Å². The van der Waals surface area contributed by atoms with Gasteiger partial charge in [0.25, 0.3) is 0 Å². The third-order valence-corrected chi connectivity index (χ3v) is 13.1. The molecule has 0 bridgehead atoms. The Balaban J connectivity index is 2.04. The van der Waals surface area contributed by atoms with Crippen LogP contribution in [0.4, 0.5) is 0 Å². The third-order valence-electron chi connectivity index (χ3n) is 9.01. The van der Waals surface area contributed by atoms with E-state index in [0.29, 0.717) is 0 Å². The van der Waals surface area contributed by atoms with Gasteiger partial charge in [-0.2, -0.15) is 0 Å². The Kier molecular flexibility index (Phi) is 10.9. The van der Waals surface area contributed by atoms with Gasteiger partial charge in [-0.3, -0.25) is 0 Å². The second-order valence-corrected chi connectivity index (χ2v) is 24.3. The molecule has 206 valence electrons. The molecule has 0 aromatic heterocycles. The van der Waals surface area contributed by atoms with E-state index < -0.39 is 16.1 Å². The number of hydrogen-bond donors (Lipinski definition) is 0. The Bertz CT molecular complexity index is 908. The molecule has 0 saturated carbocycles. The Labute approximate surface area is 233 Å². The van der Waals surface area contributed by atoms with Crippen LogP contribution in [0.3, 0.4) is 0 Å². The van der Waals surface area contributed by atoms with E-state index in [1.807, 2.05) is 0 Å². The molecule has 0 amide bonds. The summed E-state index contributed by atoms with van der Waals surface area (Å²) in [5, 5.41) is 3.28. The Hall–Kier alpha value is -1.13. The van der Waals surface area contributed by atoms with E-state index in [-0.39, 0.29) is 5.41 Å². The summed E-state index contributed by atoms with van der Waals surface area (Å²) in [5.74, 6) is 0. The molecule has 0 saturated heterocycles. The lowest BCUT2D eigenvalue weighted by atomic mass is 9.70. The molecule has 0 radical (unpaired) electrons. The summed E-state index contributed by atoms with van der Waals surface area (Å²) < 4.78 is 0. The highest BCUT2D eigenvalue weighted by atomic mass is 28.3. The minimum absolute atomic E-state index is 0.214. The zero-order valence-electron chi connectivity index (χ0n) is 25.9. The molecule has 0 N–H and O–H groups in total. The van der Waals surface area contributed by atoms with Crippen LogP contribution in [0.5, 0.6) is 0 Å². The molecule has 2 aromatic rings. The van der Waals surface area contributed by atoms with Crippen LogP contribution in [-0.2, 0) is 5.41 Å². The van der Waals surface area contributed by atoms with Gasteiger partial charge in [0.1, 0.15) is 0 Å². The number of hydrogen-bond acceptors (Lipinski definition) is 0. The maximum Gasteiger partial charge on any atom is 0.0776 e. The summed E-state index contributed by atoms with van der Waals surface area (Å²) in [5.41, 5.74) is 6.70. The fourth-order valence-corrected chi connectivity index (χ4v) is 8.83. The second kappa shape index (κ2) is 13.3. The van der Waals surface area contributed by atoms with Crippen molar-refractivity contribution in [1.82, 2.24) is 0 Å². The highest BCUT2D eigenvalue weighted by Crippen LogP contribution is 2.54. The van der Waals surface area contributed by atoms with E-state index in [1.54, 1.807) is 32.6 Å². The van der Waals surface area contributed by atoms with Gasteiger partial charge in [-0.05, 0) is 35.1 Å². The monoisotopic (exact) mass is 534 g/mol. The maximum absolute atomic E-state index is 2.70. The SMILES string of the molecule is CCCCCCCCC1(CCCCCCCC)c2cc([Si](C)(C)C)ccc2-c2ccc([Si](C)(C)C)cc21. The van der Waals surface area contributed by atoms with E-state index in [2.05, 4.69) is 89.5 Å². The first-order valence-corrected chi connectivity index (χ1v) is 22.8. The molecule has 0 spiro atoms. The molecule has 1 aliphatic carbocycles. The molecule has 0 atom stereocenters. The molecular formula is C35H58Si2. The van der Waals surface area contributed by atoms with Crippen molar-refractivity contribution in [2.75, 3.05) is 0 Å². The van der Waals surface area contributed by atoms with Crippen LogP contribution in [0.25, 0.3) is 11.1 Å². The minimum Gasteiger partial charge on any atom is -0.0656 e. The molecule has 0 fully saturated rings. The molecule has 0 unspecified atom stereocenters. The quantitative estimate of drug-likeness (QED) is 0.148. The van der Waals surface area contributed by atoms with Crippen molar-refractivity contribution in [3.05, 3.63) is 47.5 Å². The number of rotatable bonds is 16. The smallest absolute Gasteiger partial charge is 0.0656 e. The van der Waals surface area contributed by atoms with Crippen LogP contribution in [0.1, 0.15) is 115 Å². The fourth-order valence-electron chi connectivity index (χ4n) is 6.51. The summed E-state index contributed by atoms with van der Waals surface area (Å²) in [6.07, 6.45) is 19.3. The lowest BCUT2D eigenvalue weighted by Crippen LogP contribution is -2.39. The maximum atomic E-state index is 2.70. The van der Waals surface area contributed by atoms with E-state index in [0.717, 1.165) is 0 Å². The lowest BCUT2D eigenvalue weighted by molar-refractivity contribution is 0.398. The summed E-state index contributed by atoms with van der Waals surface area (Å²) >= 11 is 0. The number of benzene rings is 2. The van der Waals surface area contributed by atoms with Gasteiger partial charge in [0.15, 0.2) is 0 Å². The summed E-state index contributed by atoms with van der Waals surface area (Å²) in [6.45, 7) is 19.8. The van der Waals surface area contributed by atoms with Crippen LogP contribution >= 0.6 is 0 Å². The van der Waals surface area contributed by atoms with Gasteiger partial charge in [-0.1, -0.05) is 177 Å². The van der Waals surface area contributed by atoms with Crippen molar-refractivity contribution in [2.45, 2.75) is 148 Å². The van der Waals surface area contributed by atoms with Crippen molar-refractivity contribution >= 4 is 26.5 Å². The van der Waals surface area contributed by atoms with Gasteiger partial charge in [0.05, 0.1) is 16.1 Å². The minimum atomic E-state index is -1.38. The third kappa shape index (κ3) is 7.50. The lowest BCUT2D eigenvalue weighted by Gasteiger charge is -2.34. The predicted molar refractivity (Wildman–Crippen MR) is 175 cm³/mol. The molecule has 2 aromatic carbocycles.